The Morgan fingerprint density at radius 2 is 1.97 bits per heavy atom. The number of alkyl halides is 2. The number of carbonyl (C=O) groups excluding carboxylic acids is 2. The number of fused-ring (bicyclic) bond motifs is 3. The zero-order chi connectivity index (χ0) is 27.2. The number of aryl methyl sites for hydroxylation is 1. The Kier molecular flexibility index (Phi) is 6.46. The van der Waals surface area contributed by atoms with Crippen LogP contribution in [0.4, 0.5) is 14.6 Å². The third kappa shape index (κ3) is 4.75. The topological polar surface area (TPSA) is 119 Å². The number of rotatable bonds is 7. The Morgan fingerprint density at radius 1 is 1.24 bits per heavy atom. The van der Waals surface area contributed by atoms with Gasteiger partial charge in [0.2, 0.25) is 5.91 Å². The molecule has 9 nitrogen and oxygen atoms in total. The lowest BCUT2D eigenvalue weighted by Gasteiger charge is -2.35. The number of ether oxygens (including phenoxy) is 1. The number of sulfone groups is 1. The van der Waals surface area contributed by atoms with Gasteiger partial charge in [-0.1, -0.05) is 18.2 Å². The second-order valence-corrected chi connectivity index (χ2v) is 11.7. The van der Waals surface area contributed by atoms with Crippen molar-refractivity contribution in [3.63, 3.8) is 0 Å². The van der Waals surface area contributed by atoms with Crippen molar-refractivity contribution in [2.45, 2.75) is 38.2 Å². The van der Waals surface area contributed by atoms with E-state index in [0.717, 1.165) is 29.6 Å². The third-order valence-corrected chi connectivity index (χ3v) is 7.56. The second-order valence-electron chi connectivity index (χ2n) is 9.56. The Morgan fingerprint density at radius 3 is 2.63 bits per heavy atom. The molecular weight excluding hydrogens is 518 g/mol. The summed E-state index contributed by atoms with van der Waals surface area (Å²) in [5, 5.41) is 10.2. The number of hydrogen-bond acceptors (Lipinski definition) is 6. The highest BCUT2D eigenvalue weighted by Gasteiger charge is 2.46. The summed E-state index contributed by atoms with van der Waals surface area (Å²) in [6, 6.07) is 11.0. The number of carbonyl (C=O) groups is 2. The van der Waals surface area contributed by atoms with Gasteiger partial charge in [0.25, 0.3) is 12.3 Å². The first-order valence-corrected chi connectivity index (χ1v) is 14.1. The molecule has 3 aromatic rings. The third-order valence-electron chi connectivity index (χ3n) is 6.77. The highest BCUT2D eigenvalue weighted by molar-refractivity contribution is 7.91. The Labute approximate surface area is 218 Å². The van der Waals surface area contributed by atoms with E-state index in [0.29, 0.717) is 30.8 Å². The Hall–Kier alpha value is -3.80. The van der Waals surface area contributed by atoms with E-state index in [2.05, 4.69) is 15.7 Å². The van der Waals surface area contributed by atoms with Gasteiger partial charge in [-0.25, -0.2) is 21.9 Å². The predicted octanol–water partition coefficient (Wildman–Crippen LogP) is 3.32. The molecule has 38 heavy (non-hydrogen) atoms. The average molecular weight is 545 g/mol. The summed E-state index contributed by atoms with van der Waals surface area (Å²) < 4.78 is 56.5. The van der Waals surface area contributed by atoms with Crippen LogP contribution in [0.1, 0.15) is 52.5 Å². The highest BCUT2D eigenvalue weighted by atomic mass is 32.2. The molecule has 0 radical (unpaired) electrons. The summed E-state index contributed by atoms with van der Waals surface area (Å²) in [5.74, 6) is -1.38. The van der Waals surface area contributed by atoms with Gasteiger partial charge >= 0.3 is 0 Å². The van der Waals surface area contributed by atoms with Crippen molar-refractivity contribution in [3.05, 3.63) is 70.4 Å². The Bertz CT molecular complexity index is 1540. The van der Waals surface area contributed by atoms with Gasteiger partial charge in [0.1, 0.15) is 22.9 Å². The molecule has 0 unspecified atom stereocenters. The molecule has 1 spiro atoms. The van der Waals surface area contributed by atoms with E-state index < -0.39 is 39.4 Å². The molecule has 0 saturated heterocycles. The maximum atomic E-state index is 13.5. The van der Waals surface area contributed by atoms with Crippen LogP contribution in [-0.4, -0.2) is 48.6 Å². The van der Waals surface area contributed by atoms with Crippen LogP contribution in [0, 0.1) is 0 Å². The molecule has 2 N–H and O–H groups in total. The van der Waals surface area contributed by atoms with Crippen molar-refractivity contribution in [3.8, 4) is 11.4 Å². The number of hydrogen-bond donors (Lipinski definition) is 2. The highest BCUT2D eigenvalue weighted by Crippen LogP contribution is 2.44. The second kappa shape index (κ2) is 9.50. The van der Waals surface area contributed by atoms with E-state index in [1.807, 2.05) is 25.1 Å². The minimum Gasteiger partial charge on any atom is -0.494 e. The summed E-state index contributed by atoms with van der Waals surface area (Å²) in [6.45, 7) is 2.44. The molecule has 5 rings (SSSR count). The number of nitrogens with zero attached hydrogens (tertiary/aromatic N) is 2. The molecule has 2 amide bonds. The lowest BCUT2D eigenvalue weighted by molar-refractivity contribution is -0.113. The first kappa shape index (κ1) is 25.8. The van der Waals surface area contributed by atoms with E-state index in [1.54, 1.807) is 0 Å². The zero-order valence-corrected chi connectivity index (χ0v) is 21.6. The van der Waals surface area contributed by atoms with Crippen LogP contribution in [0.2, 0.25) is 0 Å². The molecule has 0 fully saturated rings. The summed E-state index contributed by atoms with van der Waals surface area (Å²) >= 11 is 0. The minimum absolute atomic E-state index is 0.0179. The fraction of sp³-hybridized carbons (Fsp3) is 0.346. The van der Waals surface area contributed by atoms with Crippen molar-refractivity contribution in [2.75, 3.05) is 23.9 Å². The van der Waals surface area contributed by atoms with Gasteiger partial charge in [0.05, 0.1) is 23.5 Å². The van der Waals surface area contributed by atoms with E-state index >= 15 is 0 Å². The molecular formula is C26H26F2N4O5S. The van der Waals surface area contributed by atoms with Crippen LogP contribution in [0.25, 0.3) is 5.69 Å². The van der Waals surface area contributed by atoms with Crippen LogP contribution in [0.3, 0.4) is 0 Å². The molecule has 1 aromatic heterocycles. The number of halogens is 2. The Balaban J connectivity index is 1.57. The van der Waals surface area contributed by atoms with Crippen molar-refractivity contribution in [1.82, 2.24) is 15.1 Å². The number of benzene rings is 2. The van der Waals surface area contributed by atoms with Gasteiger partial charge in [0.15, 0.2) is 9.84 Å². The van der Waals surface area contributed by atoms with E-state index in [-0.39, 0.29) is 16.9 Å². The SMILES string of the molecule is CCOc1ccc2c(c1)CC[C@]21Cc2nn(-c3ccc(C(F)F)cc3)c(NC(=O)CS(C)(=O)=O)c2C(=O)N1. The molecule has 0 saturated carbocycles. The van der Waals surface area contributed by atoms with Gasteiger partial charge in [-0.3, -0.25) is 9.59 Å². The summed E-state index contributed by atoms with van der Waals surface area (Å²) in [7, 11) is -3.65. The van der Waals surface area contributed by atoms with E-state index in [1.165, 1.54) is 28.9 Å². The average Bonchev–Trinajstić information content (AvgIpc) is 3.36. The monoisotopic (exact) mass is 544 g/mol. The van der Waals surface area contributed by atoms with Crippen LogP contribution in [0.15, 0.2) is 42.5 Å². The van der Waals surface area contributed by atoms with E-state index in [4.69, 9.17) is 4.74 Å². The van der Waals surface area contributed by atoms with Crippen LogP contribution in [-0.2, 0) is 33.0 Å². The van der Waals surface area contributed by atoms with Gasteiger partial charge in [-0.2, -0.15) is 5.10 Å². The van der Waals surface area contributed by atoms with Crippen molar-refractivity contribution in [2.24, 2.45) is 0 Å². The van der Waals surface area contributed by atoms with E-state index in [9.17, 15) is 26.8 Å². The molecule has 200 valence electrons. The van der Waals surface area contributed by atoms with Crippen molar-refractivity contribution < 1.29 is 31.5 Å². The summed E-state index contributed by atoms with van der Waals surface area (Å²) in [5.41, 5.74) is 1.95. The molecule has 2 aliphatic rings. The molecule has 12 heteroatoms. The molecule has 2 heterocycles. The van der Waals surface area contributed by atoms with Crippen molar-refractivity contribution >= 4 is 27.5 Å². The molecule has 2 aromatic carbocycles. The molecule has 0 bridgehead atoms. The van der Waals surface area contributed by atoms with Crippen LogP contribution >= 0.6 is 0 Å². The molecule has 1 aliphatic carbocycles. The number of amides is 2. The molecule has 1 atom stereocenters. The smallest absolute Gasteiger partial charge is 0.263 e. The number of nitrogens with one attached hydrogen (secondary N) is 2. The van der Waals surface area contributed by atoms with Gasteiger partial charge in [0, 0.05) is 18.2 Å². The quantitative estimate of drug-likeness (QED) is 0.471. The van der Waals surface area contributed by atoms with Crippen LogP contribution < -0.4 is 15.4 Å². The zero-order valence-electron chi connectivity index (χ0n) is 20.8. The molecule has 1 aliphatic heterocycles. The predicted molar refractivity (Wildman–Crippen MR) is 136 cm³/mol. The van der Waals surface area contributed by atoms with Gasteiger partial charge < -0.3 is 15.4 Å². The van der Waals surface area contributed by atoms with Gasteiger partial charge in [-0.05, 0) is 55.2 Å². The fourth-order valence-electron chi connectivity index (χ4n) is 5.20. The fourth-order valence-corrected chi connectivity index (χ4v) is 5.75. The maximum absolute atomic E-state index is 13.5. The minimum atomic E-state index is -3.65. The lowest BCUT2D eigenvalue weighted by Crippen LogP contribution is -2.49. The first-order valence-electron chi connectivity index (χ1n) is 12.1. The number of anilines is 1. The normalized spacial score (nSPS) is 18.3. The standard InChI is InChI=1S/C26H26F2N4O5S/c1-3-37-18-8-9-19-16(12-18)10-11-26(19)13-20-22(25(34)30-26)24(29-21(33)14-38(2,35)36)32(31-20)17-6-4-15(5-7-17)23(27)28/h4-9,12,23H,3,10-11,13-14H2,1-2H3,(H,29,33)(H,30,34)/t26-/m0/s1. The van der Waals surface area contributed by atoms with Crippen LogP contribution in [0.5, 0.6) is 5.75 Å². The first-order chi connectivity index (χ1) is 18.0. The maximum Gasteiger partial charge on any atom is 0.263 e. The van der Waals surface area contributed by atoms with Crippen molar-refractivity contribution in [1.29, 1.82) is 0 Å². The van der Waals surface area contributed by atoms with Gasteiger partial charge in [-0.15, -0.1) is 0 Å². The lowest BCUT2D eigenvalue weighted by atomic mass is 9.82. The summed E-state index contributed by atoms with van der Waals surface area (Å²) in [4.78, 5) is 26.1. The number of aromatic nitrogens is 2. The summed E-state index contributed by atoms with van der Waals surface area (Å²) in [6.07, 6.45) is -0.0615. The largest absolute Gasteiger partial charge is 0.494 e.